The van der Waals surface area contributed by atoms with Gasteiger partial charge in [-0.1, -0.05) is 31.5 Å². The summed E-state index contributed by atoms with van der Waals surface area (Å²) in [6.45, 7) is 7.06. The number of nitrogens with one attached hydrogen (secondary N) is 1. The fourth-order valence-corrected chi connectivity index (χ4v) is 3.49. The Morgan fingerprint density at radius 1 is 1.33 bits per heavy atom. The first kappa shape index (κ1) is 16.5. The van der Waals surface area contributed by atoms with Gasteiger partial charge in [-0.25, -0.2) is 4.98 Å². The Kier molecular flexibility index (Phi) is 4.56. The van der Waals surface area contributed by atoms with Crippen molar-refractivity contribution in [2.24, 2.45) is 0 Å². The van der Waals surface area contributed by atoms with E-state index in [1.165, 1.54) is 16.7 Å². The number of nitrogens with zero attached hydrogens (tertiary/aromatic N) is 2. The summed E-state index contributed by atoms with van der Waals surface area (Å²) in [6, 6.07) is 8.46. The highest BCUT2D eigenvalue weighted by atomic mass is 16.2. The van der Waals surface area contributed by atoms with Crippen LogP contribution in [0, 0.1) is 6.92 Å². The minimum Gasteiger partial charge on any atom is -0.373 e. The van der Waals surface area contributed by atoms with Crippen molar-refractivity contribution in [1.29, 1.82) is 0 Å². The van der Waals surface area contributed by atoms with Crippen LogP contribution in [0.1, 0.15) is 58.9 Å². The zero-order chi connectivity index (χ0) is 17.3. The van der Waals surface area contributed by atoms with E-state index in [2.05, 4.69) is 49.3 Å². The lowest BCUT2D eigenvalue weighted by atomic mass is 9.98. The third-order valence-electron chi connectivity index (χ3n) is 4.95. The maximum atomic E-state index is 12.8. The zero-order valence-electron chi connectivity index (χ0n) is 14.9. The van der Waals surface area contributed by atoms with Gasteiger partial charge in [0.25, 0.3) is 5.91 Å². The third-order valence-corrected chi connectivity index (χ3v) is 4.95. The molecule has 3 rings (SSSR count). The number of anilines is 1. The van der Waals surface area contributed by atoms with E-state index in [0.717, 1.165) is 29.8 Å². The number of carbonyl (C=O) groups is 1. The number of fused-ring (bicyclic) bond motifs is 1. The van der Waals surface area contributed by atoms with E-state index in [4.69, 9.17) is 0 Å². The molecule has 1 atom stereocenters. The van der Waals surface area contributed by atoms with Gasteiger partial charge in [-0.3, -0.25) is 4.79 Å². The molecule has 1 unspecified atom stereocenters. The molecule has 1 aliphatic rings. The van der Waals surface area contributed by atoms with Gasteiger partial charge in [0.2, 0.25) is 0 Å². The van der Waals surface area contributed by atoms with Crippen molar-refractivity contribution in [2.75, 3.05) is 12.4 Å². The molecule has 1 N–H and O–H groups in total. The van der Waals surface area contributed by atoms with Crippen LogP contribution in [0.2, 0.25) is 0 Å². The molecular weight excluding hydrogens is 298 g/mol. The largest absolute Gasteiger partial charge is 0.373 e. The van der Waals surface area contributed by atoms with Gasteiger partial charge in [0, 0.05) is 24.4 Å². The molecule has 0 saturated carbocycles. The van der Waals surface area contributed by atoms with E-state index >= 15 is 0 Å². The molecule has 1 aromatic carbocycles. The second kappa shape index (κ2) is 6.63. The van der Waals surface area contributed by atoms with Gasteiger partial charge in [-0.15, -0.1) is 0 Å². The highest BCUT2D eigenvalue weighted by Gasteiger charge is 2.33. The lowest BCUT2D eigenvalue weighted by Gasteiger charge is -2.25. The minimum atomic E-state index is 0.0454. The van der Waals surface area contributed by atoms with E-state index in [-0.39, 0.29) is 11.9 Å². The van der Waals surface area contributed by atoms with Crippen molar-refractivity contribution in [1.82, 2.24) is 9.88 Å². The van der Waals surface area contributed by atoms with Gasteiger partial charge in [0.05, 0.1) is 12.6 Å². The normalized spacial score (nSPS) is 14.7. The molecule has 0 fully saturated rings. The summed E-state index contributed by atoms with van der Waals surface area (Å²) in [6.07, 6.45) is 3.95. The molecule has 0 bridgehead atoms. The van der Waals surface area contributed by atoms with Crippen LogP contribution in [0.15, 0.2) is 30.5 Å². The van der Waals surface area contributed by atoms with E-state index in [0.29, 0.717) is 6.54 Å². The first-order valence-electron chi connectivity index (χ1n) is 8.62. The Bertz CT molecular complexity index is 769. The highest BCUT2D eigenvalue weighted by Crippen LogP contribution is 2.34. The molecule has 4 heteroatoms. The Labute approximate surface area is 143 Å². The molecule has 1 aliphatic heterocycles. The van der Waals surface area contributed by atoms with Crippen molar-refractivity contribution < 1.29 is 4.79 Å². The van der Waals surface area contributed by atoms with Crippen molar-refractivity contribution in [3.8, 4) is 0 Å². The molecule has 1 aromatic heterocycles. The molecular formula is C20H25N3O. The quantitative estimate of drug-likeness (QED) is 0.901. The number of pyridine rings is 1. The predicted molar refractivity (Wildman–Crippen MR) is 97.2 cm³/mol. The maximum absolute atomic E-state index is 12.8. The van der Waals surface area contributed by atoms with E-state index in [1.54, 1.807) is 6.20 Å². The average Bonchev–Trinajstić information content (AvgIpc) is 2.93. The van der Waals surface area contributed by atoms with Crippen LogP contribution in [0.25, 0.3) is 0 Å². The molecule has 0 aliphatic carbocycles. The fraction of sp³-hybridized carbons (Fsp3) is 0.400. The number of amides is 1. The Balaban J connectivity index is 1.88. The fourth-order valence-electron chi connectivity index (χ4n) is 3.49. The van der Waals surface area contributed by atoms with Gasteiger partial charge in [0.15, 0.2) is 0 Å². The van der Waals surface area contributed by atoms with Crippen molar-refractivity contribution in [2.45, 2.75) is 46.2 Å². The molecule has 0 radical (unpaired) electrons. The van der Waals surface area contributed by atoms with Gasteiger partial charge in [-0.05, 0) is 43.0 Å². The number of benzene rings is 1. The first-order chi connectivity index (χ1) is 11.6. The van der Waals surface area contributed by atoms with Crippen LogP contribution in [-0.4, -0.2) is 22.8 Å². The van der Waals surface area contributed by atoms with Crippen LogP contribution in [0.5, 0.6) is 0 Å². The van der Waals surface area contributed by atoms with E-state index in [9.17, 15) is 4.79 Å². The molecule has 126 valence electrons. The van der Waals surface area contributed by atoms with E-state index in [1.807, 2.05) is 18.0 Å². The maximum Gasteiger partial charge on any atom is 0.255 e. The number of aryl methyl sites for hydroxylation is 2. The SMILES string of the molecule is CCCc1ccc(C(C)N2Cc3c(ccnc3NC)C2=O)cc1C. The standard InChI is InChI=1S/C20H25N3O/c1-5-6-15-7-8-16(11-13(15)2)14(3)23-12-18-17(20(23)24)9-10-22-19(18)21-4/h7-11,14H,5-6,12H2,1-4H3,(H,21,22). The molecule has 24 heavy (non-hydrogen) atoms. The number of hydrogen-bond acceptors (Lipinski definition) is 3. The summed E-state index contributed by atoms with van der Waals surface area (Å²) >= 11 is 0. The van der Waals surface area contributed by atoms with Gasteiger partial charge in [0.1, 0.15) is 5.82 Å². The van der Waals surface area contributed by atoms with Gasteiger partial charge >= 0.3 is 0 Å². The summed E-state index contributed by atoms with van der Waals surface area (Å²) in [4.78, 5) is 19.1. The topological polar surface area (TPSA) is 45.2 Å². The molecule has 2 aromatic rings. The summed E-state index contributed by atoms with van der Waals surface area (Å²) in [7, 11) is 1.84. The molecule has 0 spiro atoms. The zero-order valence-corrected chi connectivity index (χ0v) is 14.9. The smallest absolute Gasteiger partial charge is 0.255 e. The van der Waals surface area contributed by atoms with Crippen molar-refractivity contribution in [3.63, 3.8) is 0 Å². The number of aromatic nitrogens is 1. The second-order valence-electron chi connectivity index (χ2n) is 6.48. The molecule has 2 heterocycles. The molecule has 4 nitrogen and oxygen atoms in total. The lowest BCUT2D eigenvalue weighted by Crippen LogP contribution is -2.27. The van der Waals surface area contributed by atoms with Crippen LogP contribution in [0.3, 0.4) is 0 Å². The summed E-state index contributed by atoms with van der Waals surface area (Å²) in [5.74, 6) is 0.886. The monoisotopic (exact) mass is 323 g/mol. The molecule has 1 amide bonds. The lowest BCUT2D eigenvalue weighted by molar-refractivity contribution is 0.0716. The van der Waals surface area contributed by atoms with Crippen LogP contribution >= 0.6 is 0 Å². The Hall–Kier alpha value is -2.36. The van der Waals surface area contributed by atoms with Crippen LogP contribution in [0.4, 0.5) is 5.82 Å². The van der Waals surface area contributed by atoms with E-state index < -0.39 is 0 Å². The molecule has 0 saturated heterocycles. The summed E-state index contributed by atoms with van der Waals surface area (Å²) < 4.78 is 0. The second-order valence-corrected chi connectivity index (χ2v) is 6.48. The van der Waals surface area contributed by atoms with Gasteiger partial charge in [-0.2, -0.15) is 0 Å². The Morgan fingerprint density at radius 3 is 2.79 bits per heavy atom. The minimum absolute atomic E-state index is 0.0454. The summed E-state index contributed by atoms with van der Waals surface area (Å²) in [5.41, 5.74) is 5.65. The summed E-state index contributed by atoms with van der Waals surface area (Å²) in [5, 5.41) is 3.09. The number of rotatable bonds is 5. The van der Waals surface area contributed by atoms with Crippen molar-refractivity contribution >= 4 is 11.7 Å². The van der Waals surface area contributed by atoms with Gasteiger partial charge < -0.3 is 10.2 Å². The van der Waals surface area contributed by atoms with Crippen LogP contribution < -0.4 is 5.32 Å². The van der Waals surface area contributed by atoms with Crippen LogP contribution in [-0.2, 0) is 13.0 Å². The van der Waals surface area contributed by atoms with Crippen molar-refractivity contribution in [3.05, 3.63) is 58.3 Å². The first-order valence-corrected chi connectivity index (χ1v) is 8.62. The number of hydrogen-bond donors (Lipinski definition) is 1. The average molecular weight is 323 g/mol. The highest BCUT2D eigenvalue weighted by molar-refractivity contribution is 5.99. The Morgan fingerprint density at radius 2 is 2.12 bits per heavy atom. The third kappa shape index (κ3) is 2.77. The number of carbonyl (C=O) groups excluding carboxylic acids is 1. The predicted octanol–water partition coefficient (Wildman–Crippen LogP) is 4.10.